The lowest BCUT2D eigenvalue weighted by Gasteiger charge is -2.21. The number of benzene rings is 1. The van der Waals surface area contributed by atoms with Gasteiger partial charge in [-0.2, -0.15) is 0 Å². The van der Waals surface area contributed by atoms with Gasteiger partial charge in [-0.05, 0) is 24.5 Å². The van der Waals surface area contributed by atoms with Gasteiger partial charge >= 0.3 is 0 Å². The SMILES string of the molecule is COc1c(N)ccc2c1NCCC2.Cl.Cl. The van der Waals surface area contributed by atoms with E-state index in [1.807, 2.05) is 6.07 Å². The molecule has 1 aliphatic rings. The molecule has 0 amide bonds. The Kier molecular flexibility index (Phi) is 5.61. The first-order chi connectivity index (χ1) is 6.33. The number of nitrogens with one attached hydrogen (secondary N) is 1. The van der Waals surface area contributed by atoms with Crippen LogP contribution in [0.5, 0.6) is 5.75 Å². The smallest absolute Gasteiger partial charge is 0.165 e. The molecule has 0 radical (unpaired) electrons. The minimum atomic E-state index is 0. The number of ether oxygens (including phenoxy) is 1. The lowest BCUT2D eigenvalue weighted by Crippen LogP contribution is -2.13. The highest BCUT2D eigenvalue weighted by Crippen LogP contribution is 2.36. The molecule has 5 heteroatoms. The maximum atomic E-state index is 5.79. The van der Waals surface area contributed by atoms with E-state index in [4.69, 9.17) is 10.5 Å². The minimum Gasteiger partial charge on any atom is -0.492 e. The number of nitrogens with two attached hydrogens (primary N) is 1. The average Bonchev–Trinajstić information content (AvgIpc) is 2.18. The summed E-state index contributed by atoms with van der Waals surface area (Å²) in [5, 5.41) is 3.32. The molecule has 0 bridgehead atoms. The zero-order valence-corrected chi connectivity index (χ0v) is 10.2. The normalized spacial score (nSPS) is 12.6. The van der Waals surface area contributed by atoms with E-state index >= 15 is 0 Å². The van der Waals surface area contributed by atoms with Crippen molar-refractivity contribution in [1.29, 1.82) is 0 Å². The van der Waals surface area contributed by atoms with Crippen molar-refractivity contribution in [3.63, 3.8) is 0 Å². The van der Waals surface area contributed by atoms with Gasteiger partial charge < -0.3 is 15.8 Å². The monoisotopic (exact) mass is 250 g/mol. The van der Waals surface area contributed by atoms with Gasteiger partial charge in [-0.1, -0.05) is 6.07 Å². The van der Waals surface area contributed by atoms with Gasteiger partial charge in [0.05, 0.1) is 18.5 Å². The number of nitrogen functional groups attached to an aromatic ring is 1. The van der Waals surface area contributed by atoms with E-state index in [0.717, 1.165) is 24.4 Å². The van der Waals surface area contributed by atoms with Gasteiger partial charge in [0.15, 0.2) is 5.75 Å². The second kappa shape index (κ2) is 5.93. The maximum absolute atomic E-state index is 5.79. The van der Waals surface area contributed by atoms with Crippen LogP contribution in [0.15, 0.2) is 12.1 Å². The lowest BCUT2D eigenvalue weighted by molar-refractivity contribution is 0.417. The molecule has 86 valence electrons. The van der Waals surface area contributed by atoms with Crippen molar-refractivity contribution >= 4 is 36.2 Å². The molecule has 0 aromatic heterocycles. The third kappa shape index (κ3) is 2.61. The molecule has 1 aromatic rings. The summed E-state index contributed by atoms with van der Waals surface area (Å²) in [5.41, 5.74) is 8.88. The summed E-state index contributed by atoms with van der Waals surface area (Å²) in [5.74, 6) is 0.789. The van der Waals surface area contributed by atoms with E-state index in [1.54, 1.807) is 7.11 Å². The Labute approximate surface area is 102 Å². The summed E-state index contributed by atoms with van der Waals surface area (Å²) in [6.45, 7) is 1.01. The van der Waals surface area contributed by atoms with Gasteiger partial charge in [-0.15, -0.1) is 24.8 Å². The van der Waals surface area contributed by atoms with Gasteiger partial charge in [0.1, 0.15) is 0 Å². The molecule has 15 heavy (non-hydrogen) atoms. The van der Waals surface area contributed by atoms with Crippen molar-refractivity contribution in [2.24, 2.45) is 0 Å². The molecule has 0 unspecified atom stereocenters. The van der Waals surface area contributed by atoms with Gasteiger partial charge in [0.2, 0.25) is 0 Å². The van der Waals surface area contributed by atoms with E-state index in [2.05, 4.69) is 11.4 Å². The van der Waals surface area contributed by atoms with Crippen LogP contribution in [0.3, 0.4) is 0 Å². The Bertz CT molecular complexity index is 331. The Morgan fingerprint density at radius 3 is 2.73 bits per heavy atom. The number of halogens is 2. The molecular formula is C10H16Cl2N2O. The van der Waals surface area contributed by atoms with E-state index < -0.39 is 0 Å². The standard InChI is InChI=1S/C10H14N2O.2ClH/c1-13-10-8(11)5-4-7-3-2-6-12-9(7)10;;/h4-5,12H,2-3,6,11H2,1H3;2*1H. The van der Waals surface area contributed by atoms with Crippen LogP contribution in [0.1, 0.15) is 12.0 Å². The summed E-state index contributed by atoms with van der Waals surface area (Å²) in [6, 6.07) is 3.98. The third-order valence-corrected chi connectivity index (χ3v) is 2.40. The molecule has 1 aromatic carbocycles. The topological polar surface area (TPSA) is 47.3 Å². The molecule has 0 saturated heterocycles. The summed E-state index contributed by atoms with van der Waals surface area (Å²) in [7, 11) is 1.66. The number of methoxy groups -OCH3 is 1. The summed E-state index contributed by atoms with van der Waals surface area (Å²) < 4.78 is 5.26. The number of fused-ring (bicyclic) bond motifs is 1. The Hall–Kier alpha value is -0.800. The van der Waals surface area contributed by atoms with Crippen molar-refractivity contribution in [2.45, 2.75) is 12.8 Å². The summed E-state index contributed by atoms with van der Waals surface area (Å²) in [4.78, 5) is 0. The van der Waals surface area contributed by atoms with E-state index in [0.29, 0.717) is 5.69 Å². The van der Waals surface area contributed by atoms with E-state index in [-0.39, 0.29) is 24.8 Å². The Balaban J connectivity index is 0.000000980. The number of hydrogen-bond donors (Lipinski definition) is 2. The molecular weight excluding hydrogens is 235 g/mol. The van der Waals surface area contributed by atoms with E-state index in [1.165, 1.54) is 12.0 Å². The van der Waals surface area contributed by atoms with Crippen molar-refractivity contribution in [1.82, 2.24) is 0 Å². The van der Waals surface area contributed by atoms with Crippen molar-refractivity contribution in [2.75, 3.05) is 24.7 Å². The second-order valence-corrected chi connectivity index (χ2v) is 3.25. The predicted molar refractivity (Wildman–Crippen MR) is 68.7 cm³/mol. The van der Waals surface area contributed by atoms with Crippen LogP contribution in [0, 0.1) is 0 Å². The first kappa shape index (κ1) is 14.2. The highest BCUT2D eigenvalue weighted by Gasteiger charge is 2.14. The zero-order chi connectivity index (χ0) is 9.26. The molecule has 1 aliphatic heterocycles. The van der Waals surface area contributed by atoms with Crippen molar-refractivity contribution < 1.29 is 4.74 Å². The number of rotatable bonds is 1. The first-order valence-corrected chi connectivity index (χ1v) is 4.52. The van der Waals surface area contributed by atoms with Gasteiger partial charge in [-0.25, -0.2) is 0 Å². The first-order valence-electron chi connectivity index (χ1n) is 4.52. The number of anilines is 2. The maximum Gasteiger partial charge on any atom is 0.165 e. The van der Waals surface area contributed by atoms with Gasteiger partial charge in [-0.3, -0.25) is 0 Å². The van der Waals surface area contributed by atoms with Crippen molar-refractivity contribution in [3.8, 4) is 5.75 Å². The molecule has 2 rings (SSSR count). The van der Waals surface area contributed by atoms with Crippen LogP contribution in [-0.2, 0) is 6.42 Å². The molecule has 3 nitrogen and oxygen atoms in total. The van der Waals surface area contributed by atoms with Crippen LogP contribution in [0.2, 0.25) is 0 Å². The van der Waals surface area contributed by atoms with Crippen molar-refractivity contribution in [3.05, 3.63) is 17.7 Å². The Morgan fingerprint density at radius 2 is 2.07 bits per heavy atom. The largest absolute Gasteiger partial charge is 0.492 e. The lowest BCUT2D eigenvalue weighted by atomic mass is 10.0. The van der Waals surface area contributed by atoms with Crippen LogP contribution in [0.4, 0.5) is 11.4 Å². The third-order valence-electron chi connectivity index (χ3n) is 2.40. The molecule has 0 aliphatic carbocycles. The average molecular weight is 251 g/mol. The van der Waals surface area contributed by atoms with Crippen LogP contribution < -0.4 is 15.8 Å². The second-order valence-electron chi connectivity index (χ2n) is 3.25. The zero-order valence-electron chi connectivity index (χ0n) is 8.58. The fourth-order valence-corrected chi connectivity index (χ4v) is 1.75. The number of aryl methyl sites for hydroxylation is 1. The van der Waals surface area contributed by atoms with Gasteiger partial charge in [0.25, 0.3) is 0 Å². The van der Waals surface area contributed by atoms with Gasteiger partial charge in [0, 0.05) is 6.54 Å². The summed E-state index contributed by atoms with van der Waals surface area (Å²) >= 11 is 0. The van der Waals surface area contributed by atoms with Crippen LogP contribution in [-0.4, -0.2) is 13.7 Å². The molecule has 0 atom stereocenters. The number of hydrogen-bond acceptors (Lipinski definition) is 3. The molecule has 1 heterocycles. The highest BCUT2D eigenvalue weighted by molar-refractivity contribution is 5.85. The summed E-state index contributed by atoms with van der Waals surface area (Å²) in [6.07, 6.45) is 2.29. The molecule has 0 spiro atoms. The van der Waals surface area contributed by atoms with Crippen LogP contribution in [0.25, 0.3) is 0 Å². The predicted octanol–water partition coefficient (Wildman–Crippen LogP) is 2.48. The molecule has 0 saturated carbocycles. The highest BCUT2D eigenvalue weighted by atomic mass is 35.5. The fourth-order valence-electron chi connectivity index (χ4n) is 1.75. The van der Waals surface area contributed by atoms with E-state index in [9.17, 15) is 0 Å². The molecule has 3 N–H and O–H groups in total. The fraction of sp³-hybridized carbons (Fsp3) is 0.400. The quantitative estimate of drug-likeness (QED) is 0.754. The Morgan fingerprint density at radius 1 is 1.33 bits per heavy atom. The molecule has 0 fully saturated rings. The van der Waals surface area contributed by atoms with Crippen LogP contribution >= 0.6 is 24.8 Å². The minimum absolute atomic E-state index is 0.